The summed E-state index contributed by atoms with van der Waals surface area (Å²) in [6.07, 6.45) is 5.69. The van der Waals surface area contributed by atoms with Gasteiger partial charge in [0.15, 0.2) is 0 Å². The summed E-state index contributed by atoms with van der Waals surface area (Å²) < 4.78 is 22.3. The van der Waals surface area contributed by atoms with Crippen LogP contribution in [0.3, 0.4) is 0 Å². The Balaban J connectivity index is 2.12. The van der Waals surface area contributed by atoms with Crippen LogP contribution in [0.15, 0.2) is 12.2 Å². The predicted octanol–water partition coefficient (Wildman–Crippen LogP) is 0.0932. The van der Waals surface area contributed by atoms with E-state index in [0.717, 1.165) is 19.4 Å². The lowest BCUT2D eigenvalue weighted by atomic mass is 9.94. The van der Waals surface area contributed by atoms with Gasteiger partial charge in [0.05, 0.1) is 11.5 Å². The molecule has 4 heteroatoms. The molecule has 1 saturated heterocycles. The van der Waals surface area contributed by atoms with Crippen LogP contribution in [0.25, 0.3) is 0 Å². The third-order valence-corrected chi connectivity index (χ3v) is 4.38. The quantitative estimate of drug-likeness (QED) is 0.547. The van der Waals surface area contributed by atoms with Gasteiger partial charge in [0.1, 0.15) is 9.84 Å². The zero-order valence-corrected chi connectivity index (χ0v) is 7.73. The van der Waals surface area contributed by atoms with Crippen molar-refractivity contribution in [3.8, 4) is 0 Å². The zero-order chi connectivity index (χ0) is 8.66. The third-order valence-electron chi connectivity index (χ3n) is 2.73. The van der Waals surface area contributed by atoms with Gasteiger partial charge in [0.2, 0.25) is 0 Å². The number of sulfone groups is 1. The van der Waals surface area contributed by atoms with E-state index >= 15 is 0 Å². The van der Waals surface area contributed by atoms with Crippen LogP contribution in [0.5, 0.6) is 0 Å². The molecule has 12 heavy (non-hydrogen) atoms. The van der Waals surface area contributed by atoms with E-state index in [2.05, 4.69) is 17.5 Å². The van der Waals surface area contributed by atoms with E-state index in [1.54, 1.807) is 0 Å². The Bertz CT molecular complexity index is 291. The normalized spacial score (nSPS) is 31.0. The molecule has 0 aromatic carbocycles. The highest BCUT2D eigenvalue weighted by atomic mass is 32.2. The van der Waals surface area contributed by atoms with Crippen LogP contribution in [-0.2, 0) is 9.84 Å². The van der Waals surface area contributed by atoms with E-state index in [-0.39, 0.29) is 5.54 Å². The summed E-state index contributed by atoms with van der Waals surface area (Å²) in [5.41, 5.74) is 0.0192. The van der Waals surface area contributed by atoms with Gasteiger partial charge in [-0.3, -0.25) is 0 Å². The van der Waals surface area contributed by atoms with Crippen molar-refractivity contribution in [2.75, 3.05) is 18.1 Å². The maximum atomic E-state index is 11.1. The van der Waals surface area contributed by atoms with Crippen LogP contribution in [0.1, 0.15) is 12.8 Å². The Morgan fingerprint density at radius 1 is 1.25 bits per heavy atom. The number of nitrogens with one attached hydrogen (secondary N) is 1. The van der Waals surface area contributed by atoms with E-state index in [4.69, 9.17) is 0 Å². The second-order valence-electron chi connectivity index (χ2n) is 3.59. The topological polar surface area (TPSA) is 46.2 Å². The predicted molar refractivity (Wildman–Crippen MR) is 47.8 cm³/mol. The SMILES string of the molecule is O=S1(=O)CCC2(C=CCN2)CC1. The Hall–Kier alpha value is -0.350. The molecule has 1 fully saturated rings. The van der Waals surface area contributed by atoms with Crippen molar-refractivity contribution in [3.05, 3.63) is 12.2 Å². The molecule has 0 radical (unpaired) electrons. The Morgan fingerprint density at radius 3 is 2.42 bits per heavy atom. The number of hydrogen-bond acceptors (Lipinski definition) is 3. The fraction of sp³-hybridized carbons (Fsp3) is 0.750. The van der Waals surface area contributed by atoms with Gasteiger partial charge >= 0.3 is 0 Å². The van der Waals surface area contributed by atoms with E-state index in [1.807, 2.05) is 0 Å². The summed E-state index contributed by atoms with van der Waals surface area (Å²) in [7, 11) is -2.72. The van der Waals surface area contributed by atoms with Crippen LogP contribution in [0.2, 0.25) is 0 Å². The first kappa shape index (κ1) is 8.26. The third kappa shape index (κ3) is 1.41. The first-order chi connectivity index (χ1) is 5.62. The summed E-state index contributed by atoms with van der Waals surface area (Å²) in [6.45, 7) is 0.889. The summed E-state index contributed by atoms with van der Waals surface area (Å²) in [6, 6.07) is 0. The van der Waals surface area contributed by atoms with Crippen molar-refractivity contribution in [3.63, 3.8) is 0 Å². The average molecular weight is 187 g/mol. The molecule has 0 aliphatic carbocycles. The Morgan fingerprint density at radius 2 is 1.92 bits per heavy atom. The van der Waals surface area contributed by atoms with Crippen LogP contribution in [-0.4, -0.2) is 32.0 Å². The Labute approximate surface area is 72.8 Å². The molecule has 0 amide bonds. The van der Waals surface area contributed by atoms with Gasteiger partial charge in [0.25, 0.3) is 0 Å². The highest BCUT2D eigenvalue weighted by Crippen LogP contribution is 2.27. The summed E-state index contributed by atoms with van der Waals surface area (Å²) >= 11 is 0. The maximum Gasteiger partial charge on any atom is 0.150 e. The second kappa shape index (κ2) is 2.57. The molecule has 2 aliphatic rings. The average Bonchev–Trinajstić information content (AvgIpc) is 2.46. The highest BCUT2D eigenvalue weighted by molar-refractivity contribution is 7.91. The lowest BCUT2D eigenvalue weighted by Crippen LogP contribution is -2.46. The highest BCUT2D eigenvalue weighted by Gasteiger charge is 2.36. The van der Waals surface area contributed by atoms with Gasteiger partial charge in [0, 0.05) is 12.1 Å². The van der Waals surface area contributed by atoms with E-state index < -0.39 is 9.84 Å². The minimum absolute atomic E-state index is 0.0192. The molecule has 0 aromatic heterocycles. The largest absolute Gasteiger partial charge is 0.304 e. The van der Waals surface area contributed by atoms with E-state index in [9.17, 15) is 8.42 Å². The van der Waals surface area contributed by atoms with Crippen LogP contribution < -0.4 is 5.32 Å². The molecule has 0 saturated carbocycles. The molecule has 2 heterocycles. The van der Waals surface area contributed by atoms with Crippen LogP contribution in [0.4, 0.5) is 0 Å². The van der Waals surface area contributed by atoms with Crippen LogP contribution in [0, 0.1) is 0 Å². The minimum atomic E-state index is -2.72. The maximum absolute atomic E-state index is 11.1. The molecule has 1 N–H and O–H groups in total. The van der Waals surface area contributed by atoms with Gasteiger partial charge in [-0.15, -0.1) is 0 Å². The zero-order valence-electron chi connectivity index (χ0n) is 6.91. The van der Waals surface area contributed by atoms with Gasteiger partial charge in [-0.05, 0) is 12.8 Å². The van der Waals surface area contributed by atoms with Crippen molar-refractivity contribution < 1.29 is 8.42 Å². The molecule has 68 valence electrons. The van der Waals surface area contributed by atoms with Crippen LogP contribution >= 0.6 is 0 Å². The van der Waals surface area contributed by atoms with Gasteiger partial charge in [-0.25, -0.2) is 8.42 Å². The van der Waals surface area contributed by atoms with Gasteiger partial charge in [-0.1, -0.05) is 12.2 Å². The summed E-state index contributed by atoms with van der Waals surface area (Å²) in [5, 5.41) is 3.33. The molecular weight excluding hydrogens is 174 g/mol. The minimum Gasteiger partial charge on any atom is -0.304 e. The molecule has 2 rings (SSSR count). The summed E-state index contributed by atoms with van der Waals surface area (Å²) in [5.74, 6) is 0.675. The molecule has 0 unspecified atom stereocenters. The summed E-state index contributed by atoms with van der Waals surface area (Å²) in [4.78, 5) is 0. The standard InChI is InChI=1S/C8H13NO2S/c10-12(11)6-3-8(4-7-12)2-1-5-9-8/h1-2,9H,3-7H2. The molecule has 2 aliphatic heterocycles. The van der Waals surface area contributed by atoms with E-state index in [1.165, 1.54) is 0 Å². The molecule has 3 nitrogen and oxygen atoms in total. The molecule has 0 bridgehead atoms. The van der Waals surface area contributed by atoms with Crippen molar-refractivity contribution in [2.45, 2.75) is 18.4 Å². The van der Waals surface area contributed by atoms with E-state index in [0.29, 0.717) is 11.5 Å². The lowest BCUT2D eigenvalue weighted by molar-refractivity contribution is 0.399. The fourth-order valence-electron chi connectivity index (χ4n) is 1.85. The number of rotatable bonds is 0. The Kier molecular flexibility index (Phi) is 1.77. The first-order valence-electron chi connectivity index (χ1n) is 4.25. The van der Waals surface area contributed by atoms with Crippen molar-refractivity contribution in [1.29, 1.82) is 0 Å². The van der Waals surface area contributed by atoms with Crippen molar-refractivity contribution >= 4 is 9.84 Å². The first-order valence-corrected chi connectivity index (χ1v) is 6.07. The molecule has 1 spiro atoms. The van der Waals surface area contributed by atoms with Crippen molar-refractivity contribution in [1.82, 2.24) is 5.32 Å². The van der Waals surface area contributed by atoms with Crippen molar-refractivity contribution in [2.24, 2.45) is 0 Å². The lowest BCUT2D eigenvalue weighted by Gasteiger charge is -2.32. The molecule has 0 aromatic rings. The van der Waals surface area contributed by atoms with Gasteiger partial charge in [-0.2, -0.15) is 0 Å². The monoisotopic (exact) mass is 187 g/mol. The molecule has 0 atom stereocenters. The number of hydrogen-bond donors (Lipinski definition) is 1. The fourth-order valence-corrected chi connectivity index (χ4v) is 3.41. The second-order valence-corrected chi connectivity index (χ2v) is 5.89. The molecular formula is C8H13NO2S. The smallest absolute Gasteiger partial charge is 0.150 e. The van der Waals surface area contributed by atoms with Gasteiger partial charge < -0.3 is 5.32 Å².